The molecule has 2 aliphatic rings. The van der Waals surface area contributed by atoms with Gasteiger partial charge in [0.1, 0.15) is 17.2 Å². The topological polar surface area (TPSA) is 115 Å². The molecule has 3 N–H and O–H groups in total. The van der Waals surface area contributed by atoms with Gasteiger partial charge in [0.15, 0.2) is 0 Å². The normalized spacial score (nSPS) is 16.6. The van der Waals surface area contributed by atoms with Crippen LogP contribution in [0.25, 0.3) is 11.0 Å². The zero-order valence-corrected chi connectivity index (χ0v) is 23.0. The number of nitrogens with one attached hydrogen (secondary N) is 2. The molecule has 1 saturated carbocycles. The minimum Gasteiger partial charge on any atom is -0.477 e. The maximum Gasteiger partial charge on any atom is 0.352 e. The number of aromatic nitrogens is 4. The Morgan fingerprint density at radius 2 is 1.79 bits per heavy atom. The lowest BCUT2D eigenvalue weighted by molar-refractivity contribution is 0.0683. The molecule has 0 bridgehead atoms. The fourth-order valence-corrected chi connectivity index (χ4v) is 5.10. The van der Waals surface area contributed by atoms with Crippen LogP contribution in [0, 0.1) is 0 Å². The fourth-order valence-electron chi connectivity index (χ4n) is 5.10. The van der Waals surface area contributed by atoms with E-state index in [0.29, 0.717) is 17.4 Å². The molecule has 0 spiro atoms. The summed E-state index contributed by atoms with van der Waals surface area (Å²) in [6, 6.07) is 5.86. The lowest BCUT2D eigenvalue weighted by Gasteiger charge is -2.36. The summed E-state index contributed by atoms with van der Waals surface area (Å²) in [5.41, 5.74) is 2.05. The third kappa shape index (κ3) is 6.77. The number of aromatic carboxylic acids is 1. The molecule has 11 nitrogen and oxygen atoms in total. The van der Waals surface area contributed by atoms with Gasteiger partial charge in [0.2, 0.25) is 5.95 Å². The van der Waals surface area contributed by atoms with Gasteiger partial charge in [-0.05, 0) is 59.2 Å². The third-order valence-electron chi connectivity index (χ3n) is 7.07. The van der Waals surface area contributed by atoms with Crippen molar-refractivity contribution >= 4 is 34.5 Å². The molecule has 2 fully saturated rings. The Morgan fingerprint density at radius 3 is 2.39 bits per heavy atom. The van der Waals surface area contributed by atoms with Crippen molar-refractivity contribution in [1.82, 2.24) is 34.6 Å². The van der Waals surface area contributed by atoms with Crippen molar-refractivity contribution in [2.24, 2.45) is 0 Å². The van der Waals surface area contributed by atoms with E-state index in [1.165, 1.54) is 0 Å². The van der Waals surface area contributed by atoms with E-state index in [-0.39, 0.29) is 11.7 Å². The van der Waals surface area contributed by atoms with Crippen molar-refractivity contribution in [2.75, 3.05) is 77.7 Å². The maximum absolute atomic E-state index is 11.9. The first kappa shape index (κ1) is 27.7. The highest BCUT2D eigenvalue weighted by atomic mass is 16.4. The minimum absolute atomic E-state index is 0.169. The van der Waals surface area contributed by atoms with Gasteiger partial charge in [-0.3, -0.25) is 4.90 Å². The van der Waals surface area contributed by atoms with Crippen LogP contribution in [0.3, 0.4) is 0 Å². The summed E-state index contributed by atoms with van der Waals surface area (Å²) in [5.74, 6) is 0.150. The average molecular weight is 524 g/mol. The second kappa shape index (κ2) is 13.0. The van der Waals surface area contributed by atoms with Crippen LogP contribution in [0.15, 0.2) is 30.6 Å². The zero-order valence-electron chi connectivity index (χ0n) is 23.0. The molecule has 3 aromatic heterocycles. The summed E-state index contributed by atoms with van der Waals surface area (Å²) in [6.45, 7) is 6.28. The van der Waals surface area contributed by atoms with Crippen molar-refractivity contribution in [3.63, 3.8) is 0 Å². The molecule has 5 rings (SSSR count). The highest BCUT2D eigenvalue weighted by molar-refractivity contribution is 5.93. The Morgan fingerprint density at radius 1 is 1.08 bits per heavy atom. The minimum atomic E-state index is -0.930. The summed E-state index contributed by atoms with van der Waals surface area (Å²) in [6.07, 6.45) is 7.75. The number of hydrogen-bond donors (Lipinski definition) is 3. The maximum atomic E-state index is 11.9. The van der Waals surface area contributed by atoms with E-state index < -0.39 is 5.97 Å². The van der Waals surface area contributed by atoms with Crippen LogP contribution in [-0.2, 0) is 0 Å². The van der Waals surface area contributed by atoms with Gasteiger partial charge in [0.25, 0.3) is 0 Å². The lowest BCUT2D eigenvalue weighted by Crippen LogP contribution is -2.48. The Balaban J connectivity index is 0.00000107. The summed E-state index contributed by atoms with van der Waals surface area (Å²) in [4.78, 5) is 32.6. The number of piperazine rings is 1. The van der Waals surface area contributed by atoms with Gasteiger partial charge < -0.3 is 30.1 Å². The molecule has 1 saturated heterocycles. The molecule has 0 aromatic carbocycles. The Kier molecular flexibility index (Phi) is 9.48. The zero-order chi connectivity index (χ0) is 27.1. The lowest BCUT2D eigenvalue weighted by atomic mass is 10.2. The van der Waals surface area contributed by atoms with Crippen molar-refractivity contribution in [3.8, 4) is 0 Å². The standard InChI is InChI=1S/C25H34N8O2.C2H7N/c1-30(2)9-10-31-11-13-32(14-12-31)20-7-8-22(26-17-20)28-25-27-16-18-15-21(24(34)35)33(23(18)29-25)19-5-3-4-6-19;1-3-2/h7-8,15-17,19H,3-6,9-14H2,1-2H3,(H,34,35)(H,26,27,28,29);3H,1-2H3. The van der Waals surface area contributed by atoms with Crippen molar-refractivity contribution in [1.29, 1.82) is 0 Å². The second-order valence-electron chi connectivity index (χ2n) is 10.3. The number of likely N-dealkylation sites (N-methyl/N-ethyl adjacent to an activating group) is 1. The Hall–Kier alpha value is -3.28. The number of carbonyl (C=O) groups is 1. The number of anilines is 3. The highest BCUT2D eigenvalue weighted by Gasteiger charge is 2.25. The smallest absolute Gasteiger partial charge is 0.352 e. The predicted molar refractivity (Wildman–Crippen MR) is 152 cm³/mol. The number of fused-ring (bicyclic) bond motifs is 1. The van der Waals surface area contributed by atoms with E-state index in [1.807, 2.05) is 30.9 Å². The molecule has 1 aliphatic heterocycles. The van der Waals surface area contributed by atoms with Crippen LogP contribution in [0.2, 0.25) is 0 Å². The number of pyridine rings is 1. The van der Waals surface area contributed by atoms with Crippen LogP contribution in [0.4, 0.5) is 17.5 Å². The molecule has 0 radical (unpaired) electrons. The molecular weight excluding hydrogens is 482 g/mol. The molecule has 4 heterocycles. The predicted octanol–water partition coefficient (Wildman–Crippen LogP) is 2.90. The first-order valence-electron chi connectivity index (χ1n) is 13.4. The van der Waals surface area contributed by atoms with Gasteiger partial charge in [0, 0.05) is 56.9 Å². The molecule has 1 aliphatic carbocycles. The van der Waals surface area contributed by atoms with E-state index in [1.54, 1.807) is 12.3 Å². The highest BCUT2D eigenvalue weighted by Crippen LogP contribution is 2.34. The average Bonchev–Trinajstić information content (AvgIpc) is 3.56. The SMILES string of the molecule is CN(C)CCN1CCN(c2ccc(Nc3ncc4cc(C(=O)O)n(C5CCCC5)c4n3)nc2)CC1.CNC. The summed E-state index contributed by atoms with van der Waals surface area (Å²) in [7, 11) is 7.97. The molecule has 38 heavy (non-hydrogen) atoms. The third-order valence-corrected chi connectivity index (χ3v) is 7.07. The molecular formula is C27H41N9O2. The fraction of sp³-hybridized carbons (Fsp3) is 0.556. The molecule has 0 atom stereocenters. The van der Waals surface area contributed by atoms with Crippen molar-refractivity contribution in [2.45, 2.75) is 31.7 Å². The van der Waals surface area contributed by atoms with Crippen LogP contribution < -0.4 is 15.5 Å². The van der Waals surface area contributed by atoms with Gasteiger partial charge in [-0.1, -0.05) is 12.8 Å². The number of rotatable bonds is 8. The van der Waals surface area contributed by atoms with Crippen LogP contribution in [0.5, 0.6) is 0 Å². The summed E-state index contributed by atoms with van der Waals surface area (Å²) >= 11 is 0. The monoisotopic (exact) mass is 523 g/mol. The van der Waals surface area contributed by atoms with Crippen LogP contribution >= 0.6 is 0 Å². The molecule has 11 heteroatoms. The molecule has 3 aromatic rings. The van der Waals surface area contributed by atoms with Gasteiger partial charge in [-0.25, -0.2) is 14.8 Å². The molecule has 0 amide bonds. The first-order chi connectivity index (χ1) is 18.4. The van der Waals surface area contributed by atoms with Gasteiger partial charge in [0.05, 0.1) is 11.9 Å². The van der Waals surface area contributed by atoms with Gasteiger partial charge in [-0.2, -0.15) is 4.98 Å². The quantitative estimate of drug-likeness (QED) is 0.407. The number of carboxylic acids is 1. The largest absolute Gasteiger partial charge is 0.477 e. The van der Waals surface area contributed by atoms with E-state index in [0.717, 1.165) is 76.0 Å². The molecule has 206 valence electrons. The van der Waals surface area contributed by atoms with Crippen LogP contribution in [-0.4, -0.2) is 108 Å². The summed E-state index contributed by atoms with van der Waals surface area (Å²) in [5, 5.41) is 16.4. The van der Waals surface area contributed by atoms with E-state index in [2.05, 4.69) is 60.4 Å². The van der Waals surface area contributed by atoms with Crippen molar-refractivity contribution in [3.05, 3.63) is 36.3 Å². The number of carboxylic acid groups (broad SMARTS) is 1. The number of hydrogen-bond acceptors (Lipinski definition) is 9. The van der Waals surface area contributed by atoms with E-state index in [9.17, 15) is 9.90 Å². The Bertz CT molecular complexity index is 1180. The van der Waals surface area contributed by atoms with Crippen LogP contribution in [0.1, 0.15) is 42.2 Å². The van der Waals surface area contributed by atoms with Crippen molar-refractivity contribution < 1.29 is 9.90 Å². The second-order valence-corrected chi connectivity index (χ2v) is 10.3. The Labute approximate surface area is 224 Å². The summed E-state index contributed by atoms with van der Waals surface area (Å²) < 4.78 is 1.88. The van der Waals surface area contributed by atoms with Gasteiger partial charge >= 0.3 is 5.97 Å². The van der Waals surface area contributed by atoms with E-state index in [4.69, 9.17) is 0 Å². The van der Waals surface area contributed by atoms with E-state index >= 15 is 0 Å². The number of nitrogens with zero attached hydrogens (tertiary/aromatic N) is 7. The molecule has 0 unspecified atom stereocenters. The first-order valence-corrected chi connectivity index (χ1v) is 13.4. The van der Waals surface area contributed by atoms with Gasteiger partial charge in [-0.15, -0.1) is 0 Å².